The molecule has 1 fully saturated rings. The largest absolute Gasteiger partial charge is 0.495 e. The lowest BCUT2D eigenvalue weighted by Gasteiger charge is -2.18. The maximum absolute atomic E-state index is 12.6. The molecule has 0 radical (unpaired) electrons. The average Bonchev–Trinajstić information content (AvgIpc) is 3.03. The van der Waals surface area contributed by atoms with E-state index in [1.54, 1.807) is 24.3 Å². The standard InChI is InChI=1S/C18H16ClN3O5/c1-27-16-7-6-12(22(25)26)9-14(16)20-18(24)11-8-17(23)21(10-11)15-5-3-2-4-13(15)19/h2-7,9,11H,8,10H2,1H3,(H,20,24). The highest BCUT2D eigenvalue weighted by atomic mass is 35.5. The SMILES string of the molecule is COc1ccc([N+](=O)[O-])cc1NC(=O)C1CC(=O)N(c2ccccc2Cl)C1. The molecule has 1 saturated heterocycles. The number of ether oxygens (including phenoxy) is 1. The summed E-state index contributed by atoms with van der Waals surface area (Å²) in [7, 11) is 1.40. The van der Waals surface area contributed by atoms with Gasteiger partial charge in [0.25, 0.3) is 5.69 Å². The van der Waals surface area contributed by atoms with Gasteiger partial charge in [-0.3, -0.25) is 19.7 Å². The number of non-ortho nitro benzene ring substituents is 1. The molecule has 2 aromatic rings. The Labute approximate surface area is 159 Å². The summed E-state index contributed by atoms with van der Waals surface area (Å²) in [6.45, 7) is 0.172. The van der Waals surface area contributed by atoms with Gasteiger partial charge in [0.05, 0.1) is 34.3 Å². The van der Waals surface area contributed by atoms with Crippen LogP contribution in [0.2, 0.25) is 5.02 Å². The first kappa shape index (κ1) is 18.7. The number of nitro benzene ring substituents is 1. The van der Waals surface area contributed by atoms with Crippen LogP contribution in [0.25, 0.3) is 0 Å². The predicted molar refractivity (Wildman–Crippen MR) is 100 cm³/mol. The molecule has 1 N–H and O–H groups in total. The molecule has 1 atom stereocenters. The molecule has 2 aromatic carbocycles. The molecule has 8 nitrogen and oxygen atoms in total. The van der Waals surface area contributed by atoms with E-state index in [4.69, 9.17) is 16.3 Å². The van der Waals surface area contributed by atoms with Gasteiger partial charge >= 0.3 is 0 Å². The number of para-hydroxylation sites is 1. The summed E-state index contributed by atoms with van der Waals surface area (Å²) in [4.78, 5) is 36.8. The van der Waals surface area contributed by atoms with E-state index in [-0.39, 0.29) is 30.2 Å². The van der Waals surface area contributed by atoms with Crippen LogP contribution in [0.4, 0.5) is 17.1 Å². The highest BCUT2D eigenvalue weighted by Gasteiger charge is 2.36. The minimum absolute atomic E-state index is 0.0221. The van der Waals surface area contributed by atoms with Crippen LogP contribution in [0.3, 0.4) is 0 Å². The summed E-state index contributed by atoms with van der Waals surface area (Å²) in [5.74, 6) is -0.954. The minimum Gasteiger partial charge on any atom is -0.495 e. The Balaban J connectivity index is 1.78. The summed E-state index contributed by atoms with van der Waals surface area (Å²) in [6.07, 6.45) is 0.0221. The van der Waals surface area contributed by atoms with Crippen molar-refractivity contribution in [2.45, 2.75) is 6.42 Å². The summed E-state index contributed by atoms with van der Waals surface area (Å²) in [6, 6.07) is 10.8. The molecule has 0 bridgehead atoms. The molecule has 0 saturated carbocycles. The van der Waals surface area contributed by atoms with Gasteiger partial charge in [-0.25, -0.2) is 0 Å². The fourth-order valence-electron chi connectivity index (χ4n) is 2.93. The van der Waals surface area contributed by atoms with Crippen LogP contribution in [-0.2, 0) is 9.59 Å². The van der Waals surface area contributed by atoms with Crippen molar-refractivity contribution in [2.24, 2.45) is 5.92 Å². The molecule has 2 amide bonds. The smallest absolute Gasteiger partial charge is 0.271 e. The van der Waals surface area contributed by atoms with E-state index in [9.17, 15) is 19.7 Å². The molecule has 1 aliphatic heterocycles. The lowest BCUT2D eigenvalue weighted by atomic mass is 10.1. The number of rotatable bonds is 5. The molecule has 0 aliphatic carbocycles. The summed E-state index contributed by atoms with van der Waals surface area (Å²) >= 11 is 6.14. The van der Waals surface area contributed by atoms with Crippen LogP contribution in [0.1, 0.15) is 6.42 Å². The number of carbonyl (C=O) groups excluding carboxylic acids is 2. The van der Waals surface area contributed by atoms with Gasteiger partial charge in [0.2, 0.25) is 11.8 Å². The first-order chi connectivity index (χ1) is 12.9. The second-order valence-corrected chi connectivity index (χ2v) is 6.39. The van der Waals surface area contributed by atoms with Gasteiger partial charge in [-0.15, -0.1) is 0 Å². The minimum atomic E-state index is -0.613. The molecule has 0 aromatic heterocycles. The van der Waals surface area contributed by atoms with Gasteiger partial charge in [0, 0.05) is 25.1 Å². The maximum Gasteiger partial charge on any atom is 0.271 e. The quantitative estimate of drug-likeness (QED) is 0.624. The van der Waals surface area contributed by atoms with E-state index in [0.29, 0.717) is 16.5 Å². The number of nitro groups is 1. The Morgan fingerprint density at radius 3 is 2.74 bits per heavy atom. The Bertz CT molecular complexity index is 918. The molecular formula is C18H16ClN3O5. The van der Waals surface area contributed by atoms with Crippen molar-refractivity contribution < 1.29 is 19.2 Å². The fraction of sp³-hybridized carbons (Fsp3) is 0.222. The zero-order valence-electron chi connectivity index (χ0n) is 14.3. The number of carbonyl (C=O) groups is 2. The predicted octanol–water partition coefficient (Wildman–Crippen LogP) is 3.25. The van der Waals surface area contributed by atoms with Crippen molar-refractivity contribution in [2.75, 3.05) is 23.9 Å². The Morgan fingerprint density at radius 1 is 1.33 bits per heavy atom. The Morgan fingerprint density at radius 2 is 2.07 bits per heavy atom. The molecule has 3 rings (SSSR count). The second kappa shape index (κ2) is 7.63. The lowest BCUT2D eigenvalue weighted by Crippen LogP contribution is -2.28. The van der Waals surface area contributed by atoms with Crippen molar-refractivity contribution in [3.05, 3.63) is 57.6 Å². The Kier molecular flexibility index (Phi) is 5.27. The number of halogens is 1. The normalized spacial score (nSPS) is 16.3. The van der Waals surface area contributed by atoms with Gasteiger partial charge in [-0.05, 0) is 18.2 Å². The lowest BCUT2D eigenvalue weighted by molar-refractivity contribution is -0.384. The molecule has 9 heteroatoms. The summed E-state index contributed by atoms with van der Waals surface area (Å²) in [5.41, 5.74) is 0.555. The number of hydrogen-bond acceptors (Lipinski definition) is 5. The first-order valence-corrected chi connectivity index (χ1v) is 8.46. The van der Waals surface area contributed by atoms with Crippen LogP contribution < -0.4 is 15.0 Å². The topological polar surface area (TPSA) is 102 Å². The van der Waals surface area contributed by atoms with Crippen molar-refractivity contribution >= 4 is 40.5 Å². The first-order valence-electron chi connectivity index (χ1n) is 8.09. The fourth-order valence-corrected chi connectivity index (χ4v) is 3.17. The van der Waals surface area contributed by atoms with E-state index in [1.807, 2.05) is 0 Å². The third kappa shape index (κ3) is 3.85. The average molecular weight is 390 g/mol. The summed E-state index contributed by atoms with van der Waals surface area (Å²) < 4.78 is 5.14. The number of nitrogens with zero attached hydrogens (tertiary/aromatic N) is 2. The highest BCUT2D eigenvalue weighted by Crippen LogP contribution is 2.33. The monoisotopic (exact) mass is 389 g/mol. The molecule has 1 aliphatic rings. The van der Waals surface area contributed by atoms with Gasteiger partial charge in [-0.2, -0.15) is 0 Å². The van der Waals surface area contributed by atoms with Crippen LogP contribution in [0, 0.1) is 16.0 Å². The van der Waals surface area contributed by atoms with Gasteiger partial charge in [-0.1, -0.05) is 23.7 Å². The van der Waals surface area contributed by atoms with Crippen molar-refractivity contribution in [3.63, 3.8) is 0 Å². The molecule has 27 heavy (non-hydrogen) atoms. The molecule has 0 spiro atoms. The number of hydrogen-bond donors (Lipinski definition) is 1. The third-order valence-corrected chi connectivity index (χ3v) is 4.61. The van der Waals surface area contributed by atoms with Crippen molar-refractivity contribution in [1.82, 2.24) is 0 Å². The number of nitrogens with one attached hydrogen (secondary N) is 1. The van der Waals surface area contributed by atoms with Crippen molar-refractivity contribution in [3.8, 4) is 5.75 Å². The van der Waals surface area contributed by atoms with Gasteiger partial charge < -0.3 is 15.0 Å². The molecular weight excluding hydrogens is 374 g/mol. The van der Waals surface area contributed by atoms with Crippen LogP contribution >= 0.6 is 11.6 Å². The highest BCUT2D eigenvalue weighted by molar-refractivity contribution is 6.33. The number of amides is 2. The second-order valence-electron chi connectivity index (χ2n) is 5.99. The van der Waals surface area contributed by atoms with E-state index < -0.39 is 16.7 Å². The van der Waals surface area contributed by atoms with E-state index in [1.165, 1.54) is 30.2 Å². The van der Waals surface area contributed by atoms with Gasteiger partial charge in [0.15, 0.2) is 0 Å². The molecule has 1 unspecified atom stereocenters. The maximum atomic E-state index is 12.6. The van der Waals surface area contributed by atoms with E-state index >= 15 is 0 Å². The zero-order chi connectivity index (χ0) is 19.6. The van der Waals surface area contributed by atoms with E-state index in [2.05, 4.69) is 5.32 Å². The van der Waals surface area contributed by atoms with Gasteiger partial charge in [0.1, 0.15) is 5.75 Å². The van der Waals surface area contributed by atoms with Crippen LogP contribution in [0.15, 0.2) is 42.5 Å². The summed E-state index contributed by atoms with van der Waals surface area (Å²) in [5, 5.41) is 14.0. The number of benzene rings is 2. The zero-order valence-corrected chi connectivity index (χ0v) is 15.1. The van der Waals surface area contributed by atoms with Crippen LogP contribution in [-0.4, -0.2) is 30.4 Å². The molecule has 1 heterocycles. The number of anilines is 2. The number of methoxy groups -OCH3 is 1. The van der Waals surface area contributed by atoms with Crippen LogP contribution in [0.5, 0.6) is 5.75 Å². The van der Waals surface area contributed by atoms with E-state index in [0.717, 1.165) is 0 Å². The third-order valence-electron chi connectivity index (χ3n) is 4.29. The Hall–Kier alpha value is -3.13. The molecule has 140 valence electrons. The van der Waals surface area contributed by atoms with Crippen molar-refractivity contribution in [1.29, 1.82) is 0 Å².